The molecular weight excluding hydrogens is 390 g/mol. The van der Waals surface area contributed by atoms with Crippen LogP contribution in [0, 0.1) is 0 Å². The number of rotatable bonds is 4. The lowest BCUT2D eigenvalue weighted by atomic mass is 9.95. The number of hydrogen-bond acceptors (Lipinski definition) is 4. The van der Waals surface area contributed by atoms with E-state index in [1.165, 1.54) is 11.3 Å². The Hall–Kier alpha value is -3.50. The molecule has 0 unspecified atom stereocenters. The van der Waals surface area contributed by atoms with E-state index in [0.717, 1.165) is 44.1 Å². The predicted molar refractivity (Wildman–Crippen MR) is 123 cm³/mol. The number of thiazole rings is 1. The zero-order valence-electron chi connectivity index (χ0n) is 16.5. The molecule has 1 heterocycles. The Labute approximate surface area is 178 Å². The van der Waals surface area contributed by atoms with Crippen molar-refractivity contribution in [3.05, 3.63) is 94.9 Å². The minimum absolute atomic E-state index is 0.355. The van der Waals surface area contributed by atoms with Gasteiger partial charge < -0.3 is 4.74 Å². The summed E-state index contributed by atoms with van der Waals surface area (Å²) in [6, 6.07) is 26.5. The summed E-state index contributed by atoms with van der Waals surface area (Å²) in [4.78, 5) is 17.4. The molecule has 0 bridgehead atoms. The molecule has 1 aromatic heterocycles. The van der Waals surface area contributed by atoms with Crippen LogP contribution in [-0.2, 0) is 6.42 Å². The van der Waals surface area contributed by atoms with Crippen molar-refractivity contribution in [2.24, 2.45) is 0 Å². The molecule has 30 heavy (non-hydrogen) atoms. The van der Waals surface area contributed by atoms with Crippen LogP contribution in [0.5, 0.6) is 5.75 Å². The summed E-state index contributed by atoms with van der Waals surface area (Å²) in [5.74, 6) is 0.143. The molecule has 0 amide bonds. The van der Waals surface area contributed by atoms with Crippen molar-refractivity contribution >= 4 is 38.9 Å². The van der Waals surface area contributed by atoms with E-state index in [1.807, 2.05) is 55.5 Å². The van der Waals surface area contributed by atoms with Gasteiger partial charge in [0, 0.05) is 16.3 Å². The van der Waals surface area contributed by atoms with Gasteiger partial charge in [-0.25, -0.2) is 9.78 Å². The molecule has 0 fully saturated rings. The Bertz CT molecular complexity index is 1380. The van der Waals surface area contributed by atoms with Crippen LogP contribution in [0.15, 0.2) is 84.2 Å². The second-order valence-electron chi connectivity index (χ2n) is 7.06. The Morgan fingerprint density at radius 2 is 1.53 bits per heavy atom. The van der Waals surface area contributed by atoms with E-state index in [1.54, 1.807) is 5.38 Å². The third-order valence-electron chi connectivity index (χ3n) is 5.22. The van der Waals surface area contributed by atoms with Gasteiger partial charge in [-0.1, -0.05) is 79.7 Å². The molecule has 4 heteroatoms. The van der Waals surface area contributed by atoms with Crippen LogP contribution in [0.1, 0.15) is 22.4 Å². The minimum Gasteiger partial charge on any atom is -0.420 e. The first kappa shape index (κ1) is 18.5. The molecule has 0 aliphatic heterocycles. The van der Waals surface area contributed by atoms with E-state index < -0.39 is 5.97 Å². The number of aromatic nitrogens is 1. The monoisotopic (exact) mass is 409 g/mol. The number of hydrogen-bond donors (Lipinski definition) is 0. The summed E-state index contributed by atoms with van der Waals surface area (Å²) in [6.07, 6.45) is 0.799. The van der Waals surface area contributed by atoms with Gasteiger partial charge in [0.05, 0.1) is 5.01 Å². The molecule has 0 saturated carbocycles. The summed E-state index contributed by atoms with van der Waals surface area (Å²) in [5, 5.41) is 6.89. The Balaban J connectivity index is 1.70. The van der Waals surface area contributed by atoms with E-state index in [4.69, 9.17) is 4.74 Å². The van der Waals surface area contributed by atoms with Gasteiger partial charge in [-0.05, 0) is 34.2 Å². The summed E-state index contributed by atoms with van der Waals surface area (Å²) in [5.41, 5.74) is 2.28. The number of aryl methyl sites for hydroxylation is 1. The SMILES string of the molecule is CCc1nc(C(=O)Oc2c(-c3cccc4ccccc34)ccc3ccccc23)cs1. The van der Waals surface area contributed by atoms with Crippen LogP contribution < -0.4 is 4.74 Å². The fourth-order valence-corrected chi connectivity index (χ4v) is 4.45. The number of fused-ring (bicyclic) bond motifs is 2. The summed E-state index contributed by atoms with van der Waals surface area (Å²) < 4.78 is 6.01. The molecule has 0 radical (unpaired) electrons. The van der Waals surface area contributed by atoms with E-state index in [9.17, 15) is 4.79 Å². The van der Waals surface area contributed by atoms with Crippen molar-refractivity contribution in [3.8, 4) is 16.9 Å². The number of esters is 1. The number of carbonyl (C=O) groups excluding carboxylic acids is 1. The zero-order chi connectivity index (χ0) is 20.5. The van der Waals surface area contributed by atoms with Crippen LogP contribution in [0.2, 0.25) is 0 Å². The maximum Gasteiger partial charge on any atom is 0.363 e. The fraction of sp³-hybridized carbons (Fsp3) is 0.0769. The highest BCUT2D eigenvalue weighted by molar-refractivity contribution is 7.09. The van der Waals surface area contributed by atoms with E-state index >= 15 is 0 Å². The molecule has 0 spiro atoms. The fourth-order valence-electron chi connectivity index (χ4n) is 3.74. The second-order valence-corrected chi connectivity index (χ2v) is 8.00. The van der Waals surface area contributed by atoms with Gasteiger partial charge >= 0.3 is 5.97 Å². The number of ether oxygens (including phenoxy) is 1. The second kappa shape index (κ2) is 7.73. The molecule has 5 rings (SSSR count). The van der Waals surface area contributed by atoms with Crippen molar-refractivity contribution in [3.63, 3.8) is 0 Å². The van der Waals surface area contributed by atoms with E-state index in [2.05, 4.69) is 35.3 Å². The molecule has 146 valence electrons. The lowest BCUT2D eigenvalue weighted by Gasteiger charge is -2.15. The Morgan fingerprint density at radius 1 is 0.833 bits per heavy atom. The third kappa shape index (κ3) is 3.25. The maximum absolute atomic E-state index is 13.0. The molecule has 0 N–H and O–H groups in total. The molecule has 0 aliphatic rings. The highest BCUT2D eigenvalue weighted by Gasteiger charge is 2.19. The Kier molecular flexibility index (Phi) is 4.77. The highest BCUT2D eigenvalue weighted by Crippen LogP contribution is 2.40. The average Bonchev–Trinajstić information content (AvgIpc) is 3.29. The molecule has 0 atom stereocenters. The minimum atomic E-state index is -0.427. The van der Waals surface area contributed by atoms with Crippen LogP contribution >= 0.6 is 11.3 Å². The van der Waals surface area contributed by atoms with Crippen molar-refractivity contribution in [1.29, 1.82) is 0 Å². The van der Waals surface area contributed by atoms with Crippen LogP contribution in [0.25, 0.3) is 32.7 Å². The van der Waals surface area contributed by atoms with Crippen molar-refractivity contribution in [1.82, 2.24) is 4.98 Å². The topological polar surface area (TPSA) is 39.2 Å². The molecule has 3 nitrogen and oxygen atoms in total. The molecule has 0 aliphatic carbocycles. The number of benzene rings is 4. The predicted octanol–water partition coefficient (Wildman–Crippen LogP) is 6.90. The smallest absolute Gasteiger partial charge is 0.363 e. The average molecular weight is 410 g/mol. The Morgan fingerprint density at radius 3 is 2.30 bits per heavy atom. The molecule has 4 aromatic carbocycles. The summed E-state index contributed by atoms with van der Waals surface area (Å²) in [7, 11) is 0. The molecule has 5 aromatic rings. The van der Waals surface area contributed by atoms with Crippen molar-refractivity contribution < 1.29 is 9.53 Å². The van der Waals surface area contributed by atoms with Crippen molar-refractivity contribution in [2.45, 2.75) is 13.3 Å². The lowest BCUT2D eigenvalue weighted by molar-refractivity contribution is 0.0732. The summed E-state index contributed by atoms with van der Waals surface area (Å²) in [6.45, 7) is 2.03. The number of carbonyl (C=O) groups is 1. The first-order chi connectivity index (χ1) is 14.7. The zero-order valence-corrected chi connectivity index (χ0v) is 17.3. The van der Waals surface area contributed by atoms with Crippen LogP contribution in [0.4, 0.5) is 0 Å². The van der Waals surface area contributed by atoms with Crippen molar-refractivity contribution in [2.75, 3.05) is 0 Å². The van der Waals surface area contributed by atoms with Gasteiger partial charge in [-0.2, -0.15) is 0 Å². The third-order valence-corrected chi connectivity index (χ3v) is 6.21. The first-order valence-electron chi connectivity index (χ1n) is 9.91. The van der Waals surface area contributed by atoms with Crippen LogP contribution in [0.3, 0.4) is 0 Å². The first-order valence-corrected chi connectivity index (χ1v) is 10.8. The van der Waals surface area contributed by atoms with Gasteiger partial charge in [-0.3, -0.25) is 0 Å². The standard InChI is InChI=1S/C26H19NO2S/c1-2-24-27-23(16-30-24)26(28)29-25-20-12-6-4-9-18(20)14-15-22(25)21-13-7-10-17-8-3-5-11-19(17)21/h3-16H,2H2,1H3. The number of nitrogens with zero attached hydrogens (tertiary/aromatic N) is 1. The summed E-state index contributed by atoms with van der Waals surface area (Å²) >= 11 is 1.48. The van der Waals surface area contributed by atoms with Gasteiger partial charge in [0.15, 0.2) is 5.69 Å². The van der Waals surface area contributed by atoms with E-state index in [-0.39, 0.29) is 0 Å². The van der Waals surface area contributed by atoms with Gasteiger partial charge in [0.1, 0.15) is 5.75 Å². The van der Waals surface area contributed by atoms with Crippen LogP contribution in [-0.4, -0.2) is 11.0 Å². The molecule has 0 saturated heterocycles. The maximum atomic E-state index is 13.0. The molecular formula is C26H19NO2S. The van der Waals surface area contributed by atoms with E-state index in [0.29, 0.717) is 11.4 Å². The normalized spacial score (nSPS) is 11.1. The van der Waals surface area contributed by atoms with Gasteiger partial charge in [-0.15, -0.1) is 11.3 Å². The van der Waals surface area contributed by atoms with Gasteiger partial charge in [0.2, 0.25) is 0 Å². The quantitative estimate of drug-likeness (QED) is 0.239. The largest absolute Gasteiger partial charge is 0.420 e. The van der Waals surface area contributed by atoms with Gasteiger partial charge in [0.25, 0.3) is 0 Å². The highest BCUT2D eigenvalue weighted by atomic mass is 32.1. The lowest BCUT2D eigenvalue weighted by Crippen LogP contribution is -2.10.